The van der Waals surface area contributed by atoms with E-state index in [9.17, 15) is 0 Å². The summed E-state index contributed by atoms with van der Waals surface area (Å²) in [6.45, 7) is 11.1. The maximum Gasteiger partial charge on any atom is 0.191 e. The first-order valence-corrected chi connectivity index (χ1v) is 9.05. The van der Waals surface area contributed by atoms with Gasteiger partial charge in [-0.1, -0.05) is 19.1 Å². The molecule has 1 heterocycles. The van der Waals surface area contributed by atoms with Gasteiger partial charge in [0, 0.05) is 31.2 Å². The summed E-state index contributed by atoms with van der Waals surface area (Å²) in [4.78, 5) is 4.68. The predicted molar refractivity (Wildman–Crippen MR) is 114 cm³/mol. The number of rotatable bonds is 8. The van der Waals surface area contributed by atoms with Crippen LogP contribution in [0, 0.1) is 12.8 Å². The summed E-state index contributed by atoms with van der Waals surface area (Å²) < 4.78 is 11.5. The molecule has 1 aromatic rings. The first-order chi connectivity index (χ1) is 11.7. The number of benzene rings is 1. The van der Waals surface area contributed by atoms with Gasteiger partial charge in [-0.05, 0) is 38.3 Å². The van der Waals surface area contributed by atoms with Crippen LogP contribution in [0.15, 0.2) is 23.2 Å². The third kappa shape index (κ3) is 7.81. The average molecular weight is 461 g/mol. The van der Waals surface area contributed by atoms with Crippen LogP contribution in [0.5, 0.6) is 5.75 Å². The molecule has 142 valence electrons. The zero-order valence-corrected chi connectivity index (χ0v) is 18.0. The number of aliphatic imine (C=N–C) groups is 1. The Morgan fingerprint density at radius 2 is 2.16 bits per heavy atom. The van der Waals surface area contributed by atoms with Gasteiger partial charge in [0.1, 0.15) is 5.75 Å². The molecule has 1 aliphatic heterocycles. The molecule has 1 aromatic carbocycles. The fraction of sp³-hybridized carbons (Fsp3) is 0.632. The minimum atomic E-state index is 0. The second-order valence-corrected chi connectivity index (χ2v) is 6.27. The lowest BCUT2D eigenvalue weighted by Crippen LogP contribution is -2.37. The molecule has 2 rings (SSSR count). The van der Waals surface area contributed by atoms with Gasteiger partial charge in [0.25, 0.3) is 0 Å². The standard InChI is InChI=1S/C19H31N3O2.HI/c1-4-9-21-19(20-5-2)22-12-17-7-6-15(3)11-18(17)24-14-16-8-10-23-13-16;/h6-7,11,16H,4-5,8-10,12-14H2,1-3H3,(H2,20,21,22);1H. The van der Waals surface area contributed by atoms with Gasteiger partial charge in [0.05, 0.1) is 19.8 Å². The van der Waals surface area contributed by atoms with E-state index in [-0.39, 0.29) is 24.0 Å². The second kappa shape index (κ2) is 12.4. The van der Waals surface area contributed by atoms with Crippen LogP contribution in [-0.4, -0.2) is 38.9 Å². The molecule has 0 radical (unpaired) electrons. The number of aryl methyl sites for hydroxylation is 1. The molecule has 1 atom stereocenters. The lowest BCUT2D eigenvalue weighted by molar-refractivity contribution is 0.166. The number of nitrogens with zero attached hydrogens (tertiary/aromatic N) is 1. The molecule has 1 unspecified atom stereocenters. The van der Waals surface area contributed by atoms with Crippen molar-refractivity contribution in [2.24, 2.45) is 10.9 Å². The zero-order chi connectivity index (χ0) is 17.2. The Bertz CT molecular complexity index is 531. The molecule has 0 bridgehead atoms. The molecule has 1 fully saturated rings. The first-order valence-electron chi connectivity index (χ1n) is 9.05. The van der Waals surface area contributed by atoms with Gasteiger partial charge in [-0.2, -0.15) is 0 Å². The summed E-state index contributed by atoms with van der Waals surface area (Å²) in [7, 11) is 0. The number of hydrogen-bond acceptors (Lipinski definition) is 3. The lowest BCUT2D eigenvalue weighted by atomic mass is 10.1. The van der Waals surface area contributed by atoms with Crippen molar-refractivity contribution in [1.29, 1.82) is 0 Å². The van der Waals surface area contributed by atoms with E-state index in [0.717, 1.165) is 56.4 Å². The van der Waals surface area contributed by atoms with E-state index in [1.165, 1.54) is 5.56 Å². The van der Waals surface area contributed by atoms with Crippen LogP contribution in [0.4, 0.5) is 0 Å². The van der Waals surface area contributed by atoms with Crippen LogP contribution in [0.25, 0.3) is 0 Å². The Balaban J connectivity index is 0.00000312. The summed E-state index contributed by atoms with van der Waals surface area (Å²) in [5.41, 5.74) is 2.32. The summed E-state index contributed by atoms with van der Waals surface area (Å²) in [6.07, 6.45) is 2.16. The summed E-state index contributed by atoms with van der Waals surface area (Å²) in [5, 5.41) is 6.61. The number of hydrogen-bond donors (Lipinski definition) is 2. The summed E-state index contributed by atoms with van der Waals surface area (Å²) in [5.74, 6) is 2.30. The van der Waals surface area contributed by atoms with E-state index in [0.29, 0.717) is 19.1 Å². The van der Waals surface area contributed by atoms with Gasteiger partial charge in [0.15, 0.2) is 5.96 Å². The molecular weight excluding hydrogens is 429 g/mol. The van der Waals surface area contributed by atoms with Crippen LogP contribution in [0.2, 0.25) is 0 Å². The molecule has 25 heavy (non-hydrogen) atoms. The van der Waals surface area contributed by atoms with E-state index in [1.807, 2.05) is 0 Å². The zero-order valence-electron chi connectivity index (χ0n) is 15.6. The molecule has 6 heteroatoms. The van der Waals surface area contributed by atoms with Crippen LogP contribution in [0.3, 0.4) is 0 Å². The molecule has 1 aliphatic rings. The monoisotopic (exact) mass is 461 g/mol. The van der Waals surface area contributed by atoms with E-state index in [4.69, 9.17) is 9.47 Å². The van der Waals surface area contributed by atoms with Crippen molar-refractivity contribution in [1.82, 2.24) is 10.6 Å². The third-order valence-electron chi connectivity index (χ3n) is 4.02. The number of ether oxygens (including phenoxy) is 2. The van der Waals surface area contributed by atoms with E-state index >= 15 is 0 Å². The summed E-state index contributed by atoms with van der Waals surface area (Å²) in [6, 6.07) is 6.33. The second-order valence-electron chi connectivity index (χ2n) is 6.27. The van der Waals surface area contributed by atoms with Crippen LogP contribution >= 0.6 is 24.0 Å². The Morgan fingerprint density at radius 1 is 1.32 bits per heavy atom. The fourth-order valence-corrected chi connectivity index (χ4v) is 2.60. The normalized spacial score (nSPS) is 17.1. The largest absolute Gasteiger partial charge is 0.493 e. The van der Waals surface area contributed by atoms with Gasteiger partial charge >= 0.3 is 0 Å². The maximum absolute atomic E-state index is 6.09. The van der Waals surface area contributed by atoms with E-state index < -0.39 is 0 Å². The first kappa shape index (κ1) is 22.0. The van der Waals surface area contributed by atoms with Crippen molar-refractivity contribution < 1.29 is 9.47 Å². The Labute approximate surface area is 169 Å². The lowest BCUT2D eigenvalue weighted by Gasteiger charge is -2.15. The molecule has 1 saturated heterocycles. The van der Waals surface area contributed by atoms with Crippen LogP contribution in [0.1, 0.15) is 37.8 Å². The van der Waals surface area contributed by atoms with Gasteiger partial charge in [0.2, 0.25) is 0 Å². The highest BCUT2D eigenvalue weighted by molar-refractivity contribution is 14.0. The SMILES string of the molecule is CCCNC(=NCc1ccc(C)cc1OCC1CCOC1)NCC.I. The Hall–Kier alpha value is -1.02. The Morgan fingerprint density at radius 3 is 2.84 bits per heavy atom. The minimum absolute atomic E-state index is 0. The summed E-state index contributed by atoms with van der Waals surface area (Å²) >= 11 is 0. The molecular formula is C19H32IN3O2. The predicted octanol–water partition coefficient (Wildman–Crippen LogP) is 3.49. The van der Waals surface area contributed by atoms with Gasteiger partial charge in [-0.25, -0.2) is 4.99 Å². The maximum atomic E-state index is 6.09. The van der Waals surface area contributed by atoms with Crippen molar-refractivity contribution in [2.45, 2.75) is 40.2 Å². The molecule has 0 spiro atoms. The highest BCUT2D eigenvalue weighted by Gasteiger charge is 2.17. The molecule has 0 saturated carbocycles. The molecule has 0 aliphatic carbocycles. The smallest absolute Gasteiger partial charge is 0.191 e. The topological polar surface area (TPSA) is 54.9 Å². The van der Waals surface area contributed by atoms with Crippen molar-refractivity contribution in [3.05, 3.63) is 29.3 Å². The van der Waals surface area contributed by atoms with E-state index in [1.54, 1.807) is 0 Å². The van der Waals surface area contributed by atoms with E-state index in [2.05, 4.69) is 54.6 Å². The molecule has 2 N–H and O–H groups in total. The van der Waals surface area contributed by atoms with Crippen molar-refractivity contribution in [2.75, 3.05) is 32.9 Å². The molecule has 5 nitrogen and oxygen atoms in total. The average Bonchev–Trinajstić information content (AvgIpc) is 3.10. The third-order valence-corrected chi connectivity index (χ3v) is 4.02. The highest BCUT2D eigenvalue weighted by Crippen LogP contribution is 2.23. The van der Waals surface area contributed by atoms with Crippen LogP contribution < -0.4 is 15.4 Å². The number of nitrogens with one attached hydrogen (secondary N) is 2. The quantitative estimate of drug-likeness (QED) is 0.354. The minimum Gasteiger partial charge on any atom is -0.493 e. The van der Waals surface area contributed by atoms with Gasteiger partial charge in [-0.15, -0.1) is 24.0 Å². The van der Waals surface area contributed by atoms with Crippen LogP contribution in [-0.2, 0) is 11.3 Å². The fourth-order valence-electron chi connectivity index (χ4n) is 2.60. The van der Waals surface area contributed by atoms with Gasteiger partial charge < -0.3 is 20.1 Å². The Kier molecular flexibility index (Phi) is 10.9. The van der Waals surface area contributed by atoms with Gasteiger partial charge in [-0.3, -0.25) is 0 Å². The van der Waals surface area contributed by atoms with Crippen molar-refractivity contribution in [3.8, 4) is 5.75 Å². The number of guanidine groups is 1. The van der Waals surface area contributed by atoms with Crippen molar-refractivity contribution >= 4 is 29.9 Å². The number of halogens is 1. The highest BCUT2D eigenvalue weighted by atomic mass is 127. The molecule has 0 amide bonds. The molecule has 0 aromatic heterocycles. The van der Waals surface area contributed by atoms with Crippen molar-refractivity contribution in [3.63, 3.8) is 0 Å².